The average molecular weight is 215 g/mol. The highest BCUT2D eigenvalue weighted by Crippen LogP contribution is 2.37. The molecule has 1 atom stereocenters. The molecule has 0 spiro atoms. The monoisotopic (exact) mass is 214 g/mol. The van der Waals surface area contributed by atoms with E-state index in [1.54, 1.807) is 7.05 Å². The van der Waals surface area contributed by atoms with Crippen LogP contribution in [0.15, 0.2) is 12.1 Å². The average Bonchev–Trinajstić information content (AvgIpc) is 2.50. The molecule has 1 heterocycles. The molecule has 3 nitrogen and oxygen atoms in total. The largest absolute Gasteiger partial charge is 0.322 e. The van der Waals surface area contributed by atoms with Crippen LogP contribution in [-0.2, 0) is 4.79 Å². The van der Waals surface area contributed by atoms with Crippen LogP contribution in [0, 0.1) is 5.82 Å². The van der Waals surface area contributed by atoms with Gasteiger partial charge in [0.2, 0.25) is 5.91 Å². The van der Waals surface area contributed by atoms with Crippen LogP contribution in [0.4, 0.5) is 10.1 Å². The molecule has 14 heavy (non-hydrogen) atoms. The number of rotatable bonds is 1. The van der Waals surface area contributed by atoms with E-state index in [0.29, 0.717) is 10.6 Å². The highest BCUT2D eigenvalue weighted by atomic mass is 35.5. The van der Waals surface area contributed by atoms with Crippen LogP contribution in [0.2, 0.25) is 5.02 Å². The summed E-state index contributed by atoms with van der Waals surface area (Å²) in [5.74, 6) is -0.745. The molecule has 2 rings (SSSR count). The first-order valence-corrected chi connectivity index (χ1v) is 4.49. The number of fused-ring (bicyclic) bond motifs is 1. The summed E-state index contributed by atoms with van der Waals surface area (Å²) in [6.07, 6.45) is 0. The highest BCUT2D eigenvalue weighted by Gasteiger charge is 2.33. The van der Waals surface area contributed by atoms with Gasteiger partial charge in [0.15, 0.2) is 0 Å². The van der Waals surface area contributed by atoms with Gasteiger partial charge < -0.3 is 10.6 Å². The Hall–Kier alpha value is -1.13. The number of halogens is 2. The second-order valence-corrected chi connectivity index (χ2v) is 3.44. The molecule has 1 aromatic carbocycles. The van der Waals surface area contributed by atoms with E-state index in [1.807, 2.05) is 0 Å². The summed E-state index contributed by atoms with van der Waals surface area (Å²) in [6.45, 7) is 0. The number of anilines is 1. The first-order chi connectivity index (χ1) is 6.65. The van der Waals surface area contributed by atoms with Crippen molar-refractivity contribution < 1.29 is 9.18 Å². The first-order valence-electron chi connectivity index (χ1n) is 4.11. The third kappa shape index (κ3) is 1.19. The molecule has 0 fully saturated rings. The topological polar surface area (TPSA) is 41.1 Å². The Morgan fingerprint density at radius 1 is 1.57 bits per heavy atom. The van der Waals surface area contributed by atoms with Crippen molar-refractivity contribution in [3.05, 3.63) is 28.5 Å². The van der Waals surface area contributed by atoms with E-state index >= 15 is 0 Å². The van der Waals surface area contributed by atoms with Gasteiger partial charge in [0, 0.05) is 10.6 Å². The molecule has 1 amide bonds. The van der Waals surface area contributed by atoms with Gasteiger partial charge in [-0.3, -0.25) is 4.79 Å². The molecule has 1 aromatic rings. The Labute approximate surface area is 85.3 Å². The summed E-state index contributed by atoms with van der Waals surface area (Å²) in [5.41, 5.74) is 0.668. The highest BCUT2D eigenvalue weighted by molar-refractivity contribution is 6.32. The number of nitrogens with one attached hydrogen (secondary N) is 2. The van der Waals surface area contributed by atoms with E-state index in [-0.39, 0.29) is 11.6 Å². The van der Waals surface area contributed by atoms with Crippen molar-refractivity contribution in [1.82, 2.24) is 5.32 Å². The molecular formula is C9H8ClFN2O. The van der Waals surface area contributed by atoms with Crippen LogP contribution in [0.1, 0.15) is 11.6 Å². The van der Waals surface area contributed by atoms with Crippen LogP contribution < -0.4 is 10.6 Å². The Balaban J connectivity index is 2.62. The standard InChI is InChI=1S/C9H8ClFN2O/c1-12-8-6-4(10)2-3-5(11)7(6)13-9(8)14/h2-3,8,12H,1H3,(H,13,14). The number of benzene rings is 1. The summed E-state index contributed by atoms with van der Waals surface area (Å²) in [7, 11) is 1.63. The maximum Gasteiger partial charge on any atom is 0.246 e. The van der Waals surface area contributed by atoms with Crippen molar-refractivity contribution in [3.8, 4) is 0 Å². The fourth-order valence-corrected chi connectivity index (χ4v) is 1.85. The molecular weight excluding hydrogens is 207 g/mol. The summed E-state index contributed by atoms with van der Waals surface area (Å²) in [5, 5.41) is 5.61. The third-order valence-corrected chi connectivity index (χ3v) is 2.56. The lowest BCUT2D eigenvalue weighted by Crippen LogP contribution is -2.23. The minimum absolute atomic E-state index is 0.182. The number of carbonyl (C=O) groups is 1. The summed E-state index contributed by atoms with van der Waals surface area (Å²) >= 11 is 5.88. The van der Waals surface area contributed by atoms with Gasteiger partial charge in [-0.2, -0.15) is 0 Å². The van der Waals surface area contributed by atoms with Gasteiger partial charge in [-0.15, -0.1) is 0 Å². The molecule has 0 aromatic heterocycles. The molecule has 0 aliphatic carbocycles. The minimum Gasteiger partial charge on any atom is -0.322 e. The molecule has 74 valence electrons. The SMILES string of the molecule is CNC1C(=O)Nc2c(F)ccc(Cl)c21. The lowest BCUT2D eigenvalue weighted by Gasteiger charge is -2.08. The van der Waals surface area contributed by atoms with Crippen molar-refractivity contribution >= 4 is 23.2 Å². The van der Waals surface area contributed by atoms with Crippen molar-refractivity contribution in [1.29, 1.82) is 0 Å². The first kappa shape index (κ1) is 9.43. The summed E-state index contributed by atoms with van der Waals surface area (Å²) < 4.78 is 13.3. The van der Waals surface area contributed by atoms with Gasteiger partial charge in [0.25, 0.3) is 0 Å². The third-order valence-electron chi connectivity index (χ3n) is 2.23. The molecule has 1 aliphatic heterocycles. The molecule has 5 heteroatoms. The van der Waals surface area contributed by atoms with Gasteiger partial charge in [-0.05, 0) is 19.2 Å². The fourth-order valence-electron chi connectivity index (χ4n) is 1.58. The number of amides is 1. The second-order valence-electron chi connectivity index (χ2n) is 3.03. The van der Waals surface area contributed by atoms with Crippen molar-refractivity contribution in [2.24, 2.45) is 0 Å². The van der Waals surface area contributed by atoms with E-state index in [1.165, 1.54) is 12.1 Å². The van der Waals surface area contributed by atoms with E-state index in [0.717, 1.165) is 0 Å². The van der Waals surface area contributed by atoms with Crippen LogP contribution in [0.3, 0.4) is 0 Å². The van der Waals surface area contributed by atoms with Crippen LogP contribution in [0.5, 0.6) is 0 Å². The molecule has 1 unspecified atom stereocenters. The fraction of sp³-hybridized carbons (Fsp3) is 0.222. The predicted octanol–water partition coefficient (Wildman–Crippen LogP) is 1.69. The van der Waals surface area contributed by atoms with Crippen LogP contribution >= 0.6 is 11.6 Å². The Kier molecular flexibility index (Phi) is 2.17. The lowest BCUT2D eigenvalue weighted by molar-refractivity contribution is -0.117. The van der Waals surface area contributed by atoms with E-state index < -0.39 is 11.9 Å². The predicted molar refractivity (Wildman–Crippen MR) is 51.8 cm³/mol. The number of likely N-dealkylation sites (N-methyl/N-ethyl adjacent to an activating group) is 1. The van der Waals surface area contributed by atoms with E-state index in [2.05, 4.69) is 10.6 Å². The Morgan fingerprint density at radius 3 is 2.93 bits per heavy atom. The van der Waals surface area contributed by atoms with E-state index in [4.69, 9.17) is 11.6 Å². The molecule has 1 aliphatic rings. The maximum absolute atomic E-state index is 13.3. The zero-order chi connectivity index (χ0) is 10.3. The smallest absolute Gasteiger partial charge is 0.246 e. The van der Waals surface area contributed by atoms with Crippen molar-refractivity contribution in [3.63, 3.8) is 0 Å². The summed E-state index contributed by atoms with van der Waals surface area (Å²) in [4.78, 5) is 11.4. The molecule has 0 saturated heterocycles. The van der Waals surface area contributed by atoms with Crippen LogP contribution in [0.25, 0.3) is 0 Å². The summed E-state index contributed by atoms with van der Waals surface area (Å²) in [6, 6.07) is 2.12. The van der Waals surface area contributed by atoms with Gasteiger partial charge in [-0.1, -0.05) is 11.6 Å². The molecule has 0 radical (unpaired) electrons. The Bertz CT molecular complexity index is 408. The minimum atomic E-state index is -0.562. The quantitative estimate of drug-likeness (QED) is 0.747. The van der Waals surface area contributed by atoms with Gasteiger partial charge in [0.1, 0.15) is 11.9 Å². The number of carbonyl (C=O) groups excluding carboxylic acids is 1. The van der Waals surface area contributed by atoms with Crippen molar-refractivity contribution in [2.75, 3.05) is 12.4 Å². The Morgan fingerprint density at radius 2 is 2.29 bits per heavy atom. The van der Waals surface area contributed by atoms with Crippen LogP contribution in [-0.4, -0.2) is 13.0 Å². The normalized spacial score (nSPS) is 19.4. The maximum atomic E-state index is 13.3. The number of hydrogen-bond donors (Lipinski definition) is 2. The van der Waals surface area contributed by atoms with Gasteiger partial charge in [-0.25, -0.2) is 4.39 Å². The zero-order valence-electron chi connectivity index (χ0n) is 7.40. The number of hydrogen-bond acceptors (Lipinski definition) is 2. The lowest BCUT2D eigenvalue weighted by atomic mass is 10.1. The molecule has 2 N–H and O–H groups in total. The van der Waals surface area contributed by atoms with Gasteiger partial charge >= 0.3 is 0 Å². The molecule has 0 saturated carbocycles. The van der Waals surface area contributed by atoms with E-state index in [9.17, 15) is 9.18 Å². The second kappa shape index (κ2) is 3.22. The molecule has 0 bridgehead atoms. The van der Waals surface area contributed by atoms with Gasteiger partial charge in [0.05, 0.1) is 5.69 Å². The zero-order valence-corrected chi connectivity index (χ0v) is 8.15. The van der Waals surface area contributed by atoms with Crippen molar-refractivity contribution in [2.45, 2.75) is 6.04 Å².